The van der Waals surface area contributed by atoms with E-state index < -0.39 is 5.60 Å². The summed E-state index contributed by atoms with van der Waals surface area (Å²) in [5, 5.41) is 0. The smallest absolute Gasteiger partial charge is 0.410 e. The highest BCUT2D eigenvalue weighted by Crippen LogP contribution is 2.32. The average molecular weight is 278 g/mol. The number of methoxy groups -OCH3 is 1. The van der Waals surface area contributed by atoms with Gasteiger partial charge in [0, 0.05) is 30.8 Å². The van der Waals surface area contributed by atoms with Gasteiger partial charge in [0.05, 0.1) is 7.11 Å². The van der Waals surface area contributed by atoms with E-state index in [2.05, 4.69) is 4.98 Å². The maximum Gasteiger partial charge on any atom is 0.410 e. The molecular weight excluding hydrogens is 256 g/mol. The Morgan fingerprint density at radius 2 is 2.20 bits per heavy atom. The van der Waals surface area contributed by atoms with Gasteiger partial charge in [-0.05, 0) is 33.3 Å². The number of likely N-dealkylation sites (tertiary alicyclic amines) is 1. The molecular formula is C15H22N2O3. The van der Waals surface area contributed by atoms with Crippen molar-refractivity contribution in [1.29, 1.82) is 0 Å². The van der Waals surface area contributed by atoms with E-state index >= 15 is 0 Å². The van der Waals surface area contributed by atoms with Crippen molar-refractivity contribution in [3.63, 3.8) is 0 Å². The molecule has 0 N–H and O–H groups in total. The van der Waals surface area contributed by atoms with Gasteiger partial charge in [-0.1, -0.05) is 6.07 Å². The maximum absolute atomic E-state index is 12.0. The molecule has 5 heteroatoms. The summed E-state index contributed by atoms with van der Waals surface area (Å²) in [5.74, 6) is 0.898. The van der Waals surface area contributed by atoms with E-state index in [4.69, 9.17) is 9.47 Å². The fraction of sp³-hybridized carbons (Fsp3) is 0.600. The highest BCUT2D eigenvalue weighted by atomic mass is 16.6. The molecule has 1 aliphatic rings. The lowest BCUT2D eigenvalue weighted by atomic mass is 10.00. The first kappa shape index (κ1) is 14.6. The van der Waals surface area contributed by atoms with Crippen molar-refractivity contribution in [3.05, 3.63) is 23.9 Å². The molecule has 1 amide bonds. The number of hydrogen-bond acceptors (Lipinski definition) is 4. The Morgan fingerprint density at radius 3 is 2.85 bits per heavy atom. The van der Waals surface area contributed by atoms with Crippen molar-refractivity contribution in [2.24, 2.45) is 0 Å². The quantitative estimate of drug-likeness (QED) is 0.834. The second kappa shape index (κ2) is 5.69. The minimum atomic E-state index is -0.457. The number of ether oxygens (including phenoxy) is 2. The second-order valence-electron chi connectivity index (χ2n) is 6.01. The lowest BCUT2D eigenvalue weighted by Gasteiger charge is -2.24. The van der Waals surface area contributed by atoms with Crippen LogP contribution in [0.1, 0.15) is 38.7 Å². The summed E-state index contributed by atoms with van der Waals surface area (Å²) in [5.41, 5.74) is 0.599. The van der Waals surface area contributed by atoms with Crippen molar-refractivity contribution in [2.75, 3.05) is 20.2 Å². The summed E-state index contributed by atoms with van der Waals surface area (Å²) in [4.78, 5) is 18.0. The Kier molecular flexibility index (Phi) is 4.16. The topological polar surface area (TPSA) is 51.7 Å². The standard InChI is InChI=1S/C15H22N2O3/c1-15(2,3)20-14(18)17-9-7-11(10-17)12-6-5-8-16-13(12)19-4/h5-6,8,11H,7,9-10H2,1-4H3. The molecule has 0 bridgehead atoms. The van der Waals surface area contributed by atoms with Crippen LogP contribution in [-0.2, 0) is 4.74 Å². The summed E-state index contributed by atoms with van der Waals surface area (Å²) < 4.78 is 10.7. The minimum absolute atomic E-state index is 0.247. The number of amides is 1. The van der Waals surface area contributed by atoms with Crippen LogP contribution in [0.25, 0.3) is 0 Å². The molecule has 20 heavy (non-hydrogen) atoms. The third-order valence-corrected chi connectivity index (χ3v) is 3.27. The molecule has 1 fully saturated rings. The van der Waals surface area contributed by atoms with Crippen LogP contribution in [0.3, 0.4) is 0 Å². The summed E-state index contributed by atoms with van der Waals surface area (Å²) in [6.45, 7) is 6.99. The summed E-state index contributed by atoms with van der Waals surface area (Å²) in [6, 6.07) is 3.91. The van der Waals surface area contributed by atoms with Gasteiger partial charge in [0.2, 0.25) is 5.88 Å². The van der Waals surface area contributed by atoms with Crippen LogP contribution in [0, 0.1) is 0 Å². The molecule has 2 heterocycles. The number of carbonyl (C=O) groups is 1. The van der Waals surface area contributed by atoms with Crippen molar-refractivity contribution in [1.82, 2.24) is 9.88 Å². The lowest BCUT2D eigenvalue weighted by Crippen LogP contribution is -2.35. The Morgan fingerprint density at radius 1 is 1.45 bits per heavy atom. The van der Waals surface area contributed by atoms with Gasteiger partial charge < -0.3 is 14.4 Å². The van der Waals surface area contributed by atoms with Gasteiger partial charge in [-0.15, -0.1) is 0 Å². The van der Waals surface area contributed by atoms with E-state index in [1.165, 1.54) is 0 Å². The van der Waals surface area contributed by atoms with Crippen molar-refractivity contribution in [3.8, 4) is 5.88 Å². The van der Waals surface area contributed by atoms with Crippen LogP contribution < -0.4 is 4.74 Å². The van der Waals surface area contributed by atoms with Crippen molar-refractivity contribution < 1.29 is 14.3 Å². The Hall–Kier alpha value is -1.78. The SMILES string of the molecule is COc1ncccc1C1CCN(C(=O)OC(C)(C)C)C1. The fourth-order valence-corrected chi connectivity index (χ4v) is 2.39. The normalized spacial score (nSPS) is 19.0. The fourth-order valence-electron chi connectivity index (χ4n) is 2.39. The summed E-state index contributed by atoms with van der Waals surface area (Å²) in [7, 11) is 1.62. The zero-order valence-electron chi connectivity index (χ0n) is 12.5. The molecule has 1 saturated heterocycles. The molecule has 1 atom stereocenters. The van der Waals surface area contributed by atoms with Crippen molar-refractivity contribution in [2.45, 2.75) is 38.7 Å². The molecule has 1 aromatic heterocycles. The van der Waals surface area contributed by atoms with Crippen LogP contribution in [-0.4, -0.2) is 41.8 Å². The van der Waals surface area contributed by atoms with E-state index in [-0.39, 0.29) is 12.0 Å². The predicted molar refractivity (Wildman–Crippen MR) is 76.0 cm³/mol. The average Bonchev–Trinajstić information content (AvgIpc) is 2.86. The van der Waals surface area contributed by atoms with Crippen LogP contribution in [0.15, 0.2) is 18.3 Å². The molecule has 1 aliphatic heterocycles. The van der Waals surface area contributed by atoms with E-state index in [1.807, 2.05) is 32.9 Å². The first-order valence-corrected chi connectivity index (χ1v) is 6.87. The Bertz CT molecular complexity index is 482. The van der Waals surface area contributed by atoms with Gasteiger partial charge in [-0.25, -0.2) is 9.78 Å². The van der Waals surface area contributed by atoms with E-state index in [0.29, 0.717) is 19.0 Å². The Balaban J connectivity index is 2.04. The van der Waals surface area contributed by atoms with Gasteiger partial charge in [0.25, 0.3) is 0 Å². The molecule has 110 valence electrons. The third-order valence-electron chi connectivity index (χ3n) is 3.27. The largest absolute Gasteiger partial charge is 0.481 e. The van der Waals surface area contributed by atoms with Crippen LogP contribution in [0.5, 0.6) is 5.88 Å². The number of rotatable bonds is 2. The molecule has 1 unspecified atom stereocenters. The number of hydrogen-bond donors (Lipinski definition) is 0. The van der Waals surface area contributed by atoms with Gasteiger partial charge in [0.1, 0.15) is 5.60 Å². The minimum Gasteiger partial charge on any atom is -0.481 e. The zero-order valence-corrected chi connectivity index (χ0v) is 12.5. The molecule has 0 radical (unpaired) electrons. The molecule has 5 nitrogen and oxygen atoms in total. The van der Waals surface area contributed by atoms with E-state index in [9.17, 15) is 4.79 Å². The molecule has 0 aliphatic carbocycles. The van der Waals surface area contributed by atoms with Crippen LogP contribution in [0.4, 0.5) is 4.79 Å². The highest BCUT2D eigenvalue weighted by molar-refractivity contribution is 5.68. The third kappa shape index (κ3) is 3.40. The summed E-state index contributed by atoms with van der Waals surface area (Å²) >= 11 is 0. The lowest BCUT2D eigenvalue weighted by molar-refractivity contribution is 0.0292. The highest BCUT2D eigenvalue weighted by Gasteiger charge is 2.31. The van der Waals surface area contributed by atoms with E-state index in [1.54, 1.807) is 18.2 Å². The number of aromatic nitrogens is 1. The van der Waals surface area contributed by atoms with Crippen LogP contribution in [0.2, 0.25) is 0 Å². The molecule has 2 rings (SSSR count). The van der Waals surface area contributed by atoms with Gasteiger partial charge in [-0.2, -0.15) is 0 Å². The van der Waals surface area contributed by atoms with Gasteiger partial charge in [0.15, 0.2) is 0 Å². The zero-order chi connectivity index (χ0) is 14.8. The number of pyridine rings is 1. The first-order chi connectivity index (χ1) is 9.40. The number of carbonyl (C=O) groups excluding carboxylic acids is 1. The monoisotopic (exact) mass is 278 g/mol. The summed E-state index contributed by atoms with van der Waals surface area (Å²) in [6.07, 6.45) is 2.37. The molecule has 0 saturated carbocycles. The van der Waals surface area contributed by atoms with Crippen LogP contribution >= 0.6 is 0 Å². The molecule has 1 aromatic rings. The van der Waals surface area contributed by atoms with E-state index in [0.717, 1.165) is 12.0 Å². The predicted octanol–water partition coefficient (Wildman–Crippen LogP) is 2.81. The van der Waals surface area contributed by atoms with Gasteiger partial charge in [-0.3, -0.25) is 0 Å². The second-order valence-corrected chi connectivity index (χ2v) is 6.01. The maximum atomic E-state index is 12.0. The Labute approximate surface area is 119 Å². The van der Waals surface area contributed by atoms with Gasteiger partial charge >= 0.3 is 6.09 Å². The first-order valence-electron chi connectivity index (χ1n) is 6.87. The molecule has 0 aromatic carbocycles. The van der Waals surface area contributed by atoms with Crippen molar-refractivity contribution >= 4 is 6.09 Å². The number of nitrogens with zero attached hydrogens (tertiary/aromatic N) is 2. The molecule has 0 spiro atoms.